The molecule has 0 saturated heterocycles. The van der Waals surface area contributed by atoms with Crippen molar-refractivity contribution < 1.29 is 9.22 Å². The van der Waals surface area contributed by atoms with Crippen molar-refractivity contribution in [1.82, 2.24) is 0 Å². The quantitative estimate of drug-likeness (QED) is 0.556. The highest BCUT2D eigenvalue weighted by Crippen LogP contribution is 1.93. The lowest BCUT2D eigenvalue weighted by molar-refractivity contribution is -0.132. The van der Waals surface area contributed by atoms with Crippen molar-refractivity contribution in [1.29, 1.82) is 0 Å². The van der Waals surface area contributed by atoms with E-state index in [0.29, 0.717) is 0 Å². The molecule has 0 aromatic heterocycles. The summed E-state index contributed by atoms with van der Waals surface area (Å²) in [6.07, 6.45) is 0. The SMILES string of the molecule is C=C[Si](CC)OC(C)=O. The molecule has 0 unspecified atom stereocenters. The van der Waals surface area contributed by atoms with Crippen LogP contribution < -0.4 is 0 Å². The zero-order chi connectivity index (χ0) is 7.28. The molecule has 0 aromatic carbocycles. The van der Waals surface area contributed by atoms with Gasteiger partial charge in [-0.3, -0.25) is 4.79 Å². The molecule has 1 radical (unpaired) electrons. The minimum absolute atomic E-state index is 0.203. The van der Waals surface area contributed by atoms with Gasteiger partial charge in [0.2, 0.25) is 0 Å². The van der Waals surface area contributed by atoms with E-state index >= 15 is 0 Å². The summed E-state index contributed by atoms with van der Waals surface area (Å²) in [5.41, 5.74) is 1.73. The Morgan fingerprint density at radius 3 is 2.56 bits per heavy atom. The van der Waals surface area contributed by atoms with Crippen molar-refractivity contribution in [2.75, 3.05) is 0 Å². The molecule has 0 atom stereocenters. The Morgan fingerprint density at radius 1 is 1.89 bits per heavy atom. The summed E-state index contributed by atoms with van der Waals surface area (Å²) in [4.78, 5) is 10.3. The minimum atomic E-state index is -1.01. The van der Waals surface area contributed by atoms with Gasteiger partial charge in [0.1, 0.15) is 0 Å². The summed E-state index contributed by atoms with van der Waals surface area (Å²) in [6.45, 7) is 6.96. The van der Waals surface area contributed by atoms with E-state index in [1.165, 1.54) is 6.92 Å². The second-order valence-electron chi connectivity index (χ2n) is 1.62. The lowest BCUT2D eigenvalue weighted by Crippen LogP contribution is -2.16. The molecule has 0 fully saturated rings. The van der Waals surface area contributed by atoms with E-state index in [0.717, 1.165) is 6.04 Å². The lowest BCUT2D eigenvalue weighted by Gasteiger charge is -2.04. The van der Waals surface area contributed by atoms with Crippen molar-refractivity contribution in [3.8, 4) is 0 Å². The summed E-state index contributed by atoms with van der Waals surface area (Å²) >= 11 is 0. The third-order valence-corrected chi connectivity index (χ3v) is 2.55. The van der Waals surface area contributed by atoms with Crippen molar-refractivity contribution in [3.05, 3.63) is 12.3 Å². The van der Waals surface area contributed by atoms with Gasteiger partial charge in [-0.15, -0.1) is 6.58 Å². The van der Waals surface area contributed by atoms with Crippen molar-refractivity contribution in [2.24, 2.45) is 0 Å². The normalized spacial score (nSPS) is 9.22. The van der Waals surface area contributed by atoms with Crippen LogP contribution in [0.15, 0.2) is 12.3 Å². The molecule has 0 aliphatic carbocycles. The molecule has 2 nitrogen and oxygen atoms in total. The molecular weight excluding hydrogens is 132 g/mol. The molecule has 9 heavy (non-hydrogen) atoms. The van der Waals surface area contributed by atoms with Crippen LogP contribution >= 0.6 is 0 Å². The van der Waals surface area contributed by atoms with Gasteiger partial charge < -0.3 is 4.43 Å². The molecule has 0 spiro atoms. The Hall–Kier alpha value is -0.573. The summed E-state index contributed by atoms with van der Waals surface area (Å²) < 4.78 is 4.89. The maximum Gasteiger partial charge on any atom is 0.312 e. The zero-order valence-corrected chi connectivity index (χ0v) is 6.81. The van der Waals surface area contributed by atoms with E-state index in [-0.39, 0.29) is 5.97 Å². The fourth-order valence-corrected chi connectivity index (χ4v) is 1.33. The Labute approximate surface area is 57.3 Å². The van der Waals surface area contributed by atoms with Crippen LogP contribution in [0.5, 0.6) is 0 Å². The first-order valence-corrected chi connectivity index (χ1v) is 4.56. The maximum atomic E-state index is 10.3. The highest BCUT2D eigenvalue weighted by atomic mass is 28.3. The summed E-state index contributed by atoms with van der Waals surface area (Å²) in [6, 6.07) is 0.897. The van der Waals surface area contributed by atoms with Gasteiger partial charge in [-0.05, 0) is 6.04 Å². The Kier molecular flexibility index (Phi) is 4.04. The van der Waals surface area contributed by atoms with Crippen LogP contribution in [0.25, 0.3) is 0 Å². The predicted octanol–water partition coefficient (Wildman–Crippen LogP) is 1.29. The van der Waals surface area contributed by atoms with Crippen LogP contribution in [0.3, 0.4) is 0 Å². The van der Waals surface area contributed by atoms with Gasteiger partial charge in [-0.1, -0.05) is 12.6 Å². The number of carbonyl (C=O) groups is 1. The Morgan fingerprint density at radius 2 is 2.44 bits per heavy atom. The molecule has 0 rings (SSSR count). The van der Waals surface area contributed by atoms with Crippen LogP contribution in [0.2, 0.25) is 6.04 Å². The largest absolute Gasteiger partial charge is 0.514 e. The Balaban J connectivity index is 3.55. The van der Waals surface area contributed by atoms with Crippen molar-refractivity contribution >= 4 is 15.0 Å². The minimum Gasteiger partial charge on any atom is -0.514 e. The molecule has 3 heteroatoms. The summed E-state index contributed by atoms with van der Waals surface area (Å²) in [5.74, 6) is -0.203. The summed E-state index contributed by atoms with van der Waals surface area (Å²) in [7, 11) is -1.01. The highest BCUT2D eigenvalue weighted by molar-refractivity contribution is 6.59. The van der Waals surface area contributed by atoms with Crippen LogP contribution in [-0.4, -0.2) is 15.0 Å². The molecule has 0 bridgehead atoms. The van der Waals surface area contributed by atoms with Crippen molar-refractivity contribution in [3.63, 3.8) is 0 Å². The van der Waals surface area contributed by atoms with E-state index in [9.17, 15) is 4.79 Å². The standard InChI is InChI=1S/C6H11O2Si/c1-4-9(5-2)8-6(3)7/h4H,1,5H2,2-3H3. The van der Waals surface area contributed by atoms with Crippen LogP contribution in [0.1, 0.15) is 13.8 Å². The fourth-order valence-electron chi connectivity index (χ4n) is 0.443. The van der Waals surface area contributed by atoms with Gasteiger partial charge >= 0.3 is 9.04 Å². The number of rotatable bonds is 3. The smallest absolute Gasteiger partial charge is 0.312 e. The second kappa shape index (κ2) is 4.32. The average Bonchev–Trinajstić information content (AvgIpc) is 1.82. The van der Waals surface area contributed by atoms with Crippen LogP contribution in [0.4, 0.5) is 0 Å². The number of carbonyl (C=O) groups excluding carboxylic acids is 1. The first-order chi connectivity index (χ1) is 4.20. The van der Waals surface area contributed by atoms with E-state index in [1.54, 1.807) is 5.70 Å². The van der Waals surface area contributed by atoms with Gasteiger partial charge in [0.05, 0.1) is 0 Å². The fraction of sp³-hybridized carbons (Fsp3) is 0.500. The average molecular weight is 143 g/mol. The van der Waals surface area contributed by atoms with Gasteiger partial charge in [-0.2, -0.15) is 0 Å². The van der Waals surface area contributed by atoms with Crippen LogP contribution in [0, 0.1) is 0 Å². The topological polar surface area (TPSA) is 26.3 Å². The third-order valence-electron chi connectivity index (χ3n) is 0.851. The summed E-state index contributed by atoms with van der Waals surface area (Å²) in [5, 5.41) is 0. The van der Waals surface area contributed by atoms with Gasteiger partial charge in [0.15, 0.2) is 0 Å². The molecule has 0 saturated carbocycles. The molecular formula is C6H11O2Si. The molecule has 51 valence electrons. The highest BCUT2D eigenvalue weighted by Gasteiger charge is 2.07. The third kappa shape index (κ3) is 3.97. The Bertz CT molecular complexity index is 112. The molecule has 0 aliphatic rings. The predicted molar refractivity (Wildman–Crippen MR) is 38.2 cm³/mol. The monoisotopic (exact) mass is 143 g/mol. The second-order valence-corrected chi connectivity index (χ2v) is 3.87. The first kappa shape index (κ1) is 8.43. The molecule has 0 amide bonds. The van der Waals surface area contributed by atoms with Crippen molar-refractivity contribution in [2.45, 2.75) is 19.9 Å². The zero-order valence-electron chi connectivity index (χ0n) is 5.81. The molecule has 0 heterocycles. The van der Waals surface area contributed by atoms with E-state index in [1.807, 2.05) is 6.92 Å². The van der Waals surface area contributed by atoms with E-state index in [4.69, 9.17) is 4.43 Å². The van der Waals surface area contributed by atoms with E-state index in [2.05, 4.69) is 6.58 Å². The van der Waals surface area contributed by atoms with Crippen LogP contribution in [-0.2, 0) is 9.22 Å². The molecule has 0 N–H and O–H groups in total. The maximum absolute atomic E-state index is 10.3. The first-order valence-electron chi connectivity index (χ1n) is 2.87. The molecule has 0 aliphatic heterocycles. The number of hydrogen-bond acceptors (Lipinski definition) is 2. The van der Waals surface area contributed by atoms with E-state index < -0.39 is 9.04 Å². The lowest BCUT2D eigenvalue weighted by atomic mass is 10.9. The molecule has 0 aromatic rings. The van der Waals surface area contributed by atoms with Gasteiger partial charge in [0.25, 0.3) is 5.97 Å². The number of hydrogen-bond donors (Lipinski definition) is 0. The van der Waals surface area contributed by atoms with Gasteiger partial charge in [-0.25, -0.2) is 0 Å². The van der Waals surface area contributed by atoms with Gasteiger partial charge in [0, 0.05) is 6.92 Å².